The fourth-order valence-corrected chi connectivity index (χ4v) is 2.97. The normalized spacial score (nSPS) is 17.3. The summed E-state index contributed by atoms with van der Waals surface area (Å²) < 4.78 is 51.2. The Morgan fingerprint density at radius 1 is 1.21 bits per heavy atom. The number of carbonyl (C=O) groups is 2. The molecule has 10 heteroatoms. The van der Waals surface area contributed by atoms with Gasteiger partial charge in [0.1, 0.15) is 6.04 Å². The van der Waals surface area contributed by atoms with Gasteiger partial charge in [0.05, 0.1) is 37.6 Å². The largest absolute Gasteiger partial charge is 0.409 e. The summed E-state index contributed by atoms with van der Waals surface area (Å²) >= 11 is 0. The number of alkyl halides is 3. The van der Waals surface area contributed by atoms with E-state index in [1.165, 1.54) is 32.4 Å². The topological polar surface area (TPSA) is 71.1 Å². The number of nitrogens with zero attached hydrogens (tertiary/aromatic N) is 2. The molecule has 1 aliphatic rings. The van der Waals surface area contributed by atoms with Crippen molar-refractivity contribution in [2.24, 2.45) is 0 Å². The molecule has 1 N–H and O–H groups in total. The van der Waals surface area contributed by atoms with E-state index in [-0.39, 0.29) is 17.9 Å². The van der Waals surface area contributed by atoms with Gasteiger partial charge >= 0.3 is 6.18 Å². The molecule has 0 bridgehead atoms. The monoisotopic (exact) mass is 403 g/mol. The zero-order valence-electron chi connectivity index (χ0n) is 15.8. The lowest BCUT2D eigenvalue weighted by atomic mass is 10.1. The van der Waals surface area contributed by atoms with Gasteiger partial charge in [0, 0.05) is 27.3 Å². The minimum absolute atomic E-state index is 0.0270. The number of hydrogen-bond donors (Lipinski definition) is 1. The summed E-state index contributed by atoms with van der Waals surface area (Å²) in [7, 11) is 3.00. The molecule has 2 rings (SSSR count). The second-order valence-corrected chi connectivity index (χ2v) is 6.35. The molecule has 1 atom stereocenters. The van der Waals surface area contributed by atoms with Crippen LogP contribution in [0.1, 0.15) is 6.42 Å². The average molecular weight is 403 g/mol. The van der Waals surface area contributed by atoms with Crippen molar-refractivity contribution in [3.63, 3.8) is 0 Å². The Morgan fingerprint density at radius 3 is 2.39 bits per heavy atom. The highest BCUT2D eigenvalue weighted by Crippen LogP contribution is 2.37. The molecule has 0 saturated carbocycles. The minimum Gasteiger partial charge on any atom is -0.383 e. The summed E-state index contributed by atoms with van der Waals surface area (Å²) in [6.07, 6.45) is -5.62. The maximum absolute atomic E-state index is 13.7. The third kappa shape index (κ3) is 5.66. The smallest absolute Gasteiger partial charge is 0.383 e. The second kappa shape index (κ2) is 9.85. The number of halogens is 3. The van der Waals surface area contributed by atoms with Crippen LogP contribution in [0, 0.1) is 0 Å². The van der Waals surface area contributed by atoms with Gasteiger partial charge < -0.3 is 14.8 Å². The molecule has 1 unspecified atom stereocenters. The highest BCUT2D eigenvalue weighted by atomic mass is 19.4. The molecule has 7 nitrogen and oxygen atoms in total. The molecule has 1 heterocycles. The van der Waals surface area contributed by atoms with Crippen molar-refractivity contribution in [2.75, 3.05) is 57.3 Å². The summed E-state index contributed by atoms with van der Waals surface area (Å²) in [5, 5.41) is 2.44. The van der Waals surface area contributed by atoms with Crippen molar-refractivity contribution in [3.05, 3.63) is 24.3 Å². The summed E-state index contributed by atoms with van der Waals surface area (Å²) in [5.74, 6) is -1.54. The van der Waals surface area contributed by atoms with Crippen LogP contribution in [0.4, 0.5) is 24.5 Å². The Hall–Kier alpha value is -2.17. The van der Waals surface area contributed by atoms with Crippen molar-refractivity contribution >= 4 is 23.2 Å². The van der Waals surface area contributed by atoms with Gasteiger partial charge in [-0.3, -0.25) is 19.4 Å². The summed E-state index contributed by atoms with van der Waals surface area (Å²) in [5.41, 5.74) is 0.201. The Kier molecular flexibility index (Phi) is 7.78. The van der Waals surface area contributed by atoms with E-state index in [9.17, 15) is 22.8 Å². The number of methoxy groups -OCH3 is 2. The molecular formula is C18H24F3N3O4. The zero-order valence-corrected chi connectivity index (χ0v) is 15.8. The number of carbonyl (C=O) groups excluding carboxylic acids is 2. The maximum atomic E-state index is 13.7. The second-order valence-electron chi connectivity index (χ2n) is 6.35. The number of benzene rings is 1. The number of amides is 2. The Balaban J connectivity index is 2.35. The number of fused-ring (bicyclic) bond motifs is 1. The minimum atomic E-state index is -4.76. The predicted octanol–water partition coefficient (Wildman–Crippen LogP) is 1.89. The van der Waals surface area contributed by atoms with Crippen LogP contribution in [0.3, 0.4) is 0 Å². The highest BCUT2D eigenvalue weighted by Gasteiger charge is 2.49. The zero-order chi connectivity index (χ0) is 20.7. The number of anilines is 2. The summed E-state index contributed by atoms with van der Waals surface area (Å²) in [6.45, 7) is 1.08. The van der Waals surface area contributed by atoms with Gasteiger partial charge in [-0.1, -0.05) is 12.1 Å². The molecule has 156 valence electrons. The molecule has 28 heavy (non-hydrogen) atoms. The van der Waals surface area contributed by atoms with Crippen molar-refractivity contribution in [3.8, 4) is 0 Å². The number of ether oxygens (including phenoxy) is 2. The molecular weight excluding hydrogens is 379 g/mol. The van der Waals surface area contributed by atoms with E-state index >= 15 is 0 Å². The van der Waals surface area contributed by atoms with E-state index in [4.69, 9.17) is 9.47 Å². The lowest BCUT2D eigenvalue weighted by Crippen LogP contribution is -2.53. The Morgan fingerprint density at radius 2 is 1.82 bits per heavy atom. The highest BCUT2D eigenvalue weighted by molar-refractivity contribution is 6.05. The molecule has 0 spiro atoms. The van der Waals surface area contributed by atoms with E-state index in [2.05, 4.69) is 5.32 Å². The van der Waals surface area contributed by atoms with Crippen molar-refractivity contribution in [2.45, 2.75) is 18.6 Å². The van der Waals surface area contributed by atoms with Crippen LogP contribution in [0.5, 0.6) is 0 Å². The van der Waals surface area contributed by atoms with Crippen LogP contribution in [0.15, 0.2) is 24.3 Å². The lowest BCUT2D eigenvalue weighted by Gasteiger charge is -2.33. The van der Waals surface area contributed by atoms with Crippen LogP contribution in [-0.2, 0) is 19.1 Å². The molecule has 0 fully saturated rings. The van der Waals surface area contributed by atoms with Gasteiger partial charge in [0.25, 0.3) is 0 Å². The van der Waals surface area contributed by atoms with Crippen molar-refractivity contribution < 1.29 is 32.2 Å². The van der Waals surface area contributed by atoms with Crippen LogP contribution in [0.25, 0.3) is 0 Å². The van der Waals surface area contributed by atoms with Gasteiger partial charge in [-0.05, 0) is 12.1 Å². The summed E-state index contributed by atoms with van der Waals surface area (Å²) in [4.78, 5) is 27.3. The first-order valence-electron chi connectivity index (χ1n) is 8.75. The van der Waals surface area contributed by atoms with E-state index in [0.717, 1.165) is 0 Å². The molecule has 0 saturated heterocycles. The van der Waals surface area contributed by atoms with E-state index in [1.807, 2.05) is 0 Å². The molecule has 1 aliphatic heterocycles. The Bertz CT molecular complexity index is 676. The van der Waals surface area contributed by atoms with Crippen LogP contribution >= 0.6 is 0 Å². The average Bonchev–Trinajstić information content (AvgIpc) is 2.79. The lowest BCUT2D eigenvalue weighted by molar-refractivity contribution is -0.158. The molecule has 0 radical (unpaired) electrons. The number of rotatable bonds is 8. The van der Waals surface area contributed by atoms with Gasteiger partial charge in [-0.15, -0.1) is 0 Å². The molecule has 1 aromatic carbocycles. The molecule has 0 aliphatic carbocycles. The van der Waals surface area contributed by atoms with E-state index in [1.54, 1.807) is 11.0 Å². The fourth-order valence-electron chi connectivity index (χ4n) is 2.97. The van der Waals surface area contributed by atoms with Crippen LogP contribution in [0.2, 0.25) is 0 Å². The third-order valence-electron chi connectivity index (χ3n) is 4.36. The fraction of sp³-hybridized carbons (Fsp3) is 0.556. The first-order chi connectivity index (χ1) is 13.3. The van der Waals surface area contributed by atoms with E-state index < -0.39 is 30.5 Å². The number of para-hydroxylation sites is 2. The van der Waals surface area contributed by atoms with Gasteiger partial charge in [-0.25, -0.2) is 0 Å². The maximum Gasteiger partial charge on any atom is 0.409 e. The third-order valence-corrected chi connectivity index (χ3v) is 4.36. The molecule has 1 aromatic rings. The molecule has 2 amide bonds. The van der Waals surface area contributed by atoms with Crippen molar-refractivity contribution in [1.82, 2.24) is 4.90 Å². The Labute approximate surface area is 161 Å². The number of nitrogens with one attached hydrogen (secondary N) is 1. The van der Waals surface area contributed by atoms with Crippen molar-refractivity contribution in [1.29, 1.82) is 0 Å². The first kappa shape index (κ1) is 22.1. The standard InChI is InChI=1S/C18H24F3N3O4/c1-27-9-7-23(8-10-28-2)12-17(26)24-14-6-4-3-5-13(14)22-16(25)11-15(24)18(19,20)21/h3-6,15H,7-12H2,1-2H3,(H,22,25). The van der Waals surface area contributed by atoms with Gasteiger partial charge in [0.2, 0.25) is 11.8 Å². The first-order valence-corrected chi connectivity index (χ1v) is 8.75. The number of hydrogen-bond acceptors (Lipinski definition) is 5. The van der Waals surface area contributed by atoms with Gasteiger partial charge in [0.15, 0.2) is 0 Å². The van der Waals surface area contributed by atoms with E-state index in [0.29, 0.717) is 31.2 Å². The van der Waals surface area contributed by atoms with Gasteiger partial charge in [-0.2, -0.15) is 13.2 Å². The quantitative estimate of drug-likeness (QED) is 0.718. The molecule has 0 aromatic heterocycles. The summed E-state index contributed by atoms with van der Waals surface area (Å²) in [6, 6.07) is 3.73. The SMILES string of the molecule is COCCN(CCOC)CC(=O)N1c2ccccc2NC(=O)CC1C(F)(F)F. The van der Waals surface area contributed by atoms with Crippen LogP contribution < -0.4 is 10.2 Å². The predicted molar refractivity (Wildman–Crippen MR) is 97.2 cm³/mol. The van der Waals surface area contributed by atoms with Crippen LogP contribution in [-0.4, -0.2) is 76.0 Å².